The third-order valence-electron chi connectivity index (χ3n) is 3.31. The van der Waals surface area contributed by atoms with Gasteiger partial charge in [0.15, 0.2) is 0 Å². The summed E-state index contributed by atoms with van der Waals surface area (Å²) in [5.41, 5.74) is 5.31. The van der Waals surface area contributed by atoms with Crippen molar-refractivity contribution in [2.24, 2.45) is 5.73 Å². The second-order valence-electron chi connectivity index (χ2n) is 4.53. The highest BCUT2D eigenvalue weighted by Gasteiger charge is 2.38. The van der Waals surface area contributed by atoms with Crippen molar-refractivity contribution in [3.63, 3.8) is 0 Å². The van der Waals surface area contributed by atoms with Gasteiger partial charge in [0.2, 0.25) is 0 Å². The molecule has 0 bridgehead atoms. The smallest absolute Gasteiger partial charge is 0.385 e. The highest BCUT2D eigenvalue weighted by molar-refractivity contribution is 6.65. The molecule has 1 saturated heterocycles. The maximum absolute atomic E-state index is 5.31. The molecule has 0 atom stereocenters. The van der Waals surface area contributed by atoms with E-state index in [-0.39, 0.29) is 0 Å². The fourth-order valence-electron chi connectivity index (χ4n) is 1.84. The molecule has 0 aromatic rings. The lowest BCUT2D eigenvalue weighted by Gasteiger charge is -2.31. The maximum Gasteiger partial charge on any atom is 0.514 e. The number of nitrogens with one attached hydrogen (secondary N) is 3. The Balaban J connectivity index is 0.000000406. The first-order valence-corrected chi connectivity index (χ1v) is 11.2. The van der Waals surface area contributed by atoms with Crippen LogP contribution in [0.3, 0.4) is 0 Å². The first kappa shape index (κ1) is 22.1. The van der Waals surface area contributed by atoms with Crippen LogP contribution in [-0.2, 0) is 22.1 Å². The summed E-state index contributed by atoms with van der Waals surface area (Å²) >= 11 is 0. The van der Waals surface area contributed by atoms with E-state index < -0.39 is 17.5 Å². The molecule has 0 saturated carbocycles. The molecule has 0 aromatic heterocycles. The molecule has 22 heavy (non-hydrogen) atoms. The van der Waals surface area contributed by atoms with Crippen LogP contribution in [0.15, 0.2) is 0 Å². The zero-order chi connectivity index (χ0) is 16.9. The molecule has 0 aliphatic carbocycles. The number of hydrogen-bond acceptors (Lipinski definition) is 9. The summed E-state index contributed by atoms with van der Waals surface area (Å²) in [5, 5.41) is 6.32. The maximum atomic E-state index is 5.31. The molecule has 11 heteroatoms. The van der Waals surface area contributed by atoms with Gasteiger partial charge in [-0.05, 0) is 0 Å². The Kier molecular flexibility index (Phi) is 12.5. The van der Waals surface area contributed by atoms with Gasteiger partial charge >= 0.3 is 17.5 Å². The minimum absolute atomic E-state index is 0.591. The minimum atomic E-state index is -2.42. The second-order valence-corrected chi connectivity index (χ2v) is 10.5. The van der Waals surface area contributed by atoms with Crippen LogP contribution in [0, 0.1) is 0 Å². The van der Waals surface area contributed by atoms with Crippen molar-refractivity contribution in [2.45, 2.75) is 0 Å². The lowest BCUT2D eigenvalue weighted by Crippen LogP contribution is -2.66. The summed E-state index contributed by atoms with van der Waals surface area (Å²) in [6.45, 7) is 3.28. The van der Waals surface area contributed by atoms with Crippen molar-refractivity contribution >= 4 is 17.5 Å². The lowest BCUT2D eigenvalue weighted by atomic mass is 10.7. The van der Waals surface area contributed by atoms with Crippen molar-refractivity contribution in [3.05, 3.63) is 0 Å². The fourth-order valence-corrected chi connectivity index (χ4v) is 5.14. The van der Waals surface area contributed by atoms with Crippen LogP contribution in [0.2, 0.25) is 0 Å². The summed E-state index contributed by atoms with van der Waals surface area (Å²) in [7, 11) is 3.73. The molecule has 134 valence electrons. The number of rotatable bonds is 9. The van der Waals surface area contributed by atoms with Crippen LogP contribution in [0.1, 0.15) is 0 Å². The standard InChI is InChI=1S/C6H18N2O3Si.C5H14N2O2Si/c1-9-12(10-2,11-3)6-8-5-4-7;1-8-10(9-2)5-6-3-4-7-10/h8H,4-7H2,1-3H3;6-7H,3-5H2,1-2H3. The molecule has 1 aliphatic rings. The molecule has 0 unspecified atom stereocenters. The van der Waals surface area contributed by atoms with E-state index in [2.05, 4.69) is 15.6 Å². The van der Waals surface area contributed by atoms with Crippen LogP contribution < -0.4 is 21.3 Å². The van der Waals surface area contributed by atoms with E-state index in [0.717, 1.165) is 25.8 Å². The summed E-state index contributed by atoms with van der Waals surface area (Å²) in [6.07, 6.45) is 1.42. The molecule has 1 fully saturated rings. The molecule has 1 rings (SSSR count). The molecule has 0 aromatic carbocycles. The molecule has 0 spiro atoms. The highest BCUT2D eigenvalue weighted by atomic mass is 28.4. The average Bonchev–Trinajstić information content (AvgIpc) is 2.60. The van der Waals surface area contributed by atoms with Crippen LogP contribution in [-0.4, -0.2) is 91.6 Å². The molecular weight excluding hydrogens is 324 g/mol. The van der Waals surface area contributed by atoms with E-state index in [0.29, 0.717) is 12.7 Å². The lowest BCUT2D eigenvalue weighted by molar-refractivity contribution is 0.122. The Morgan fingerprint density at radius 3 is 1.95 bits per heavy atom. The first-order chi connectivity index (χ1) is 10.6. The van der Waals surface area contributed by atoms with Gasteiger partial charge in [-0.2, -0.15) is 0 Å². The SMILES string of the molecule is CO[Si](CNCCN)(OC)OC.CO[Si]1(OC)CNCCN1. The summed E-state index contributed by atoms with van der Waals surface area (Å²) < 4.78 is 26.1. The van der Waals surface area contributed by atoms with Crippen molar-refractivity contribution in [1.29, 1.82) is 0 Å². The summed E-state index contributed by atoms with van der Waals surface area (Å²) in [6, 6.07) is 0. The Labute approximate surface area is 135 Å². The molecule has 1 aliphatic heterocycles. The zero-order valence-corrected chi connectivity index (χ0v) is 16.4. The van der Waals surface area contributed by atoms with Crippen molar-refractivity contribution in [3.8, 4) is 0 Å². The van der Waals surface area contributed by atoms with Gasteiger partial charge in [-0.3, -0.25) is 4.98 Å². The molecule has 0 amide bonds. The summed E-state index contributed by atoms with van der Waals surface area (Å²) in [4.78, 5) is 3.26. The van der Waals surface area contributed by atoms with Crippen LogP contribution in [0.4, 0.5) is 0 Å². The van der Waals surface area contributed by atoms with Crippen LogP contribution in [0.5, 0.6) is 0 Å². The Bertz CT molecular complexity index is 255. The van der Waals surface area contributed by atoms with Gasteiger partial charge in [-0.25, -0.2) is 0 Å². The van der Waals surface area contributed by atoms with Gasteiger partial charge in [-0.1, -0.05) is 0 Å². The second kappa shape index (κ2) is 12.5. The van der Waals surface area contributed by atoms with Gasteiger partial charge in [-0.15, -0.1) is 0 Å². The largest absolute Gasteiger partial charge is 0.514 e. The van der Waals surface area contributed by atoms with E-state index in [9.17, 15) is 0 Å². The van der Waals surface area contributed by atoms with Crippen LogP contribution >= 0.6 is 0 Å². The molecule has 1 heterocycles. The van der Waals surface area contributed by atoms with Gasteiger partial charge in [0.05, 0.1) is 12.3 Å². The fraction of sp³-hybridized carbons (Fsp3) is 1.00. The van der Waals surface area contributed by atoms with Crippen LogP contribution in [0.25, 0.3) is 0 Å². The number of nitrogens with two attached hydrogens (primary N) is 1. The zero-order valence-electron chi connectivity index (χ0n) is 14.4. The molecule has 5 N–H and O–H groups in total. The molecule has 0 radical (unpaired) electrons. The normalized spacial score (nSPS) is 17.7. The van der Waals surface area contributed by atoms with Gasteiger partial charge < -0.3 is 38.5 Å². The van der Waals surface area contributed by atoms with E-state index in [1.54, 1.807) is 35.5 Å². The quantitative estimate of drug-likeness (QED) is 0.273. The van der Waals surface area contributed by atoms with Crippen molar-refractivity contribution in [2.75, 3.05) is 74.1 Å². The van der Waals surface area contributed by atoms with Crippen molar-refractivity contribution in [1.82, 2.24) is 15.6 Å². The Morgan fingerprint density at radius 1 is 1.05 bits per heavy atom. The molecular formula is C11H32N4O5Si2. The Hall–Kier alpha value is 0.0738. The van der Waals surface area contributed by atoms with E-state index >= 15 is 0 Å². The Morgan fingerprint density at radius 2 is 1.64 bits per heavy atom. The average molecular weight is 357 g/mol. The van der Waals surface area contributed by atoms with Gasteiger partial charge in [0.25, 0.3) is 0 Å². The third-order valence-corrected chi connectivity index (χ3v) is 8.68. The minimum Gasteiger partial charge on any atom is -0.385 e. The predicted molar refractivity (Wildman–Crippen MR) is 89.3 cm³/mol. The van der Waals surface area contributed by atoms with E-state index in [1.165, 1.54) is 0 Å². The van der Waals surface area contributed by atoms with E-state index in [4.69, 9.17) is 27.9 Å². The predicted octanol–water partition coefficient (Wildman–Crippen LogP) is -2.10. The third kappa shape index (κ3) is 7.56. The number of hydrogen-bond donors (Lipinski definition) is 4. The van der Waals surface area contributed by atoms with Crippen molar-refractivity contribution < 1.29 is 22.1 Å². The van der Waals surface area contributed by atoms with Gasteiger partial charge in [0, 0.05) is 61.7 Å². The summed E-state index contributed by atoms with van der Waals surface area (Å²) in [5.74, 6) is 0. The van der Waals surface area contributed by atoms with Gasteiger partial charge in [0.1, 0.15) is 0 Å². The monoisotopic (exact) mass is 356 g/mol. The van der Waals surface area contributed by atoms with E-state index in [1.807, 2.05) is 0 Å². The topological polar surface area (TPSA) is 108 Å². The highest BCUT2D eigenvalue weighted by Crippen LogP contribution is 2.03. The first-order valence-electron chi connectivity index (χ1n) is 7.19. The molecule has 9 nitrogen and oxygen atoms in total.